The summed E-state index contributed by atoms with van der Waals surface area (Å²) >= 11 is 0. The number of aromatic nitrogens is 1. The fourth-order valence-electron chi connectivity index (χ4n) is 2.07. The second kappa shape index (κ2) is 5.56. The Kier molecular flexibility index (Phi) is 4.01. The molecule has 6 heteroatoms. The molecule has 0 bridgehead atoms. The van der Waals surface area contributed by atoms with E-state index in [2.05, 4.69) is 9.88 Å². The van der Waals surface area contributed by atoms with Crippen LogP contribution >= 0.6 is 0 Å². The third kappa shape index (κ3) is 3.76. The molecule has 2 rings (SSSR count). The Bertz CT molecular complexity index is 505. The fourth-order valence-corrected chi connectivity index (χ4v) is 2.07. The van der Waals surface area contributed by atoms with Gasteiger partial charge in [-0.3, -0.25) is 4.79 Å². The maximum atomic E-state index is 11.9. The number of amides is 1. The number of aromatic amines is 1. The average Bonchev–Trinajstić information content (AvgIpc) is 2.38. The van der Waals surface area contributed by atoms with Crippen molar-refractivity contribution in [1.82, 2.24) is 9.88 Å². The highest BCUT2D eigenvalue weighted by Crippen LogP contribution is 2.16. The van der Waals surface area contributed by atoms with Crippen LogP contribution < -0.4 is 10.5 Å². The van der Waals surface area contributed by atoms with Gasteiger partial charge in [0.25, 0.3) is 0 Å². The van der Waals surface area contributed by atoms with E-state index < -0.39 is 5.60 Å². The van der Waals surface area contributed by atoms with Gasteiger partial charge in [-0.15, -0.1) is 0 Å². The van der Waals surface area contributed by atoms with Crippen LogP contribution in [0.3, 0.4) is 0 Å². The molecular formula is C14H21N3O3. The van der Waals surface area contributed by atoms with Gasteiger partial charge in [-0.2, -0.15) is 0 Å². The molecule has 1 aromatic heterocycles. The fraction of sp³-hybridized carbons (Fsp3) is 0.571. The van der Waals surface area contributed by atoms with Gasteiger partial charge in [0.2, 0.25) is 5.56 Å². The zero-order valence-electron chi connectivity index (χ0n) is 12.2. The molecule has 2 heterocycles. The summed E-state index contributed by atoms with van der Waals surface area (Å²) < 4.78 is 5.35. The van der Waals surface area contributed by atoms with Crippen LogP contribution in [0, 0.1) is 0 Å². The lowest BCUT2D eigenvalue weighted by Gasteiger charge is -2.36. The number of nitrogens with one attached hydrogen (secondary N) is 1. The number of H-pyrrole nitrogens is 1. The number of piperazine rings is 1. The summed E-state index contributed by atoms with van der Waals surface area (Å²) in [6, 6.07) is 3.30. The number of rotatable bonds is 1. The molecule has 0 saturated carbocycles. The second-order valence-electron chi connectivity index (χ2n) is 5.87. The number of pyridine rings is 1. The minimum atomic E-state index is -0.465. The quantitative estimate of drug-likeness (QED) is 0.844. The maximum Gasteiger partial charge on any atom is 0.410 e. The van der Waals surface area contributed by atoms with Crippen molar-refractivity contribution in [2.45, 2.75) is 26.4 Å². The predicted molar refractivity (Wildman–Crippen MR) is 77.1 cm³/mol. The molecule has 1 saturated heterocycles. The van der Waals surface area contributed by atoms with E-state index in [1.807, 2.05) is 20.8 Å². The third-order valence-corrected chi connectivity index (χ3v) is 3.06. The van der Waals surface area contributed by atoms with E-state index in [1.165, 1.54) is 6.07 Å². The molecule has 1 aromatic rings. The van der Waals surface area contributed by atoms with Crippen molar-refractivity contribution >= 4 is 11.8 Å². The molecule has 0 atom stereocenters. The van der Waals surface area contributed by atoms with Gasteiger partial charge in [-0.25, -0.2) is 4.79 Å². The van der Waals surface area contributed by atoms with Crippen LogP contribution in [0.1, 0.15) is 20.8 Å². The molecule has 0 unspecified atom stereocenters. The van der Waals surface area contributed by atoms with E-state index in [-0.39, 0.29) is 11.7 Å². The SMILES string of the molecule is CC(C)(C)OC(=O)N1CCN(c2ccc(=O)[nH]c2)CC1. The van der Waals surface area contributed by atoms with E-state index in [4.69, 9.17) is 4.74 Å². The first-order valence-electron chi connectivity index (χ1n) is 6.77. The van der Waals surface area contributed by atoms with Crippen LogP contribution in [0.25, 0.3) is 0 Å². The Balaban J connectivity index is 1.90. The molecule has 110 valence electrons. The Labute approximate surface area is 118 Å². The number of hydrogen-bond donors (Lipinski definition) is 1. The van der Waals surface area contributed by atoms with Gasteiger partial charge in [0.15, 0.2) is 0 Å². The van der Waals surface area contributed by atoms with Crippen molar-refractivity contribution in [3.05, 3.63) is 28.7 Å². The lowest BCUT2D eigenvalue weighted by Crippen LogP contribution is -2.50. The van der Waals surface area contributed by atoms with Gasteiger partial charge in [0, 0.05) is 38.4 Å². The van der Waals surface area contributed by atoms with E-state index in [1.54, 1.807) is 17.2 Å². The molecular weight excluding hydrogens is 258 g/mol. The summed E-state index contributed by atoms with van der Waals surface area (Å²) in [6.07, 6.45) is 1.43. The van der Waals surface area contributed by atoms with Gasteiger partial charge in [-0.1, -0.05) is 0 Å². The lowest BCUT2D eigenvalue weighted by atomic mass is 10.2. The molecule has 0 spiro atoms. The molecule has 0 aromatic carbocycles. The first kappa shape index (κ1) is 14.4. The van der Waals surface area contributed by atoms with Crippen molar-refractivity contribution in [1.29, 1.82) is 0 Å². The first-order valence-corrected chi connectivity index (χ1v) is 6.77. The van der Waals surface area contributed by atoms with Crippen LogP contribution in [0.5, 0.6) is 0 Å². The zero-order valence-corrected chi connectivity index (χ0v) is 12.2. The summed E-state index contributed by atoms with van der Waals surface area (Å²) in [5, 5.41) is 0. The number of nitrogens with zero attached hydrogens (tertiary/aromatic N) is 2. The summed E-state index contributed by atoms with van der Waals surface area (Å²) in [4.78, 5) is 29.5. The normalized spacial score (nSPS) is 16.1. The molecule has 1 aliphatic heterocycles. The Morgan fingerprint density at radius 2 is 1.85 bits per heavy atom. The molecule has 0 aliphatic carbocycles. The highest BCUT2D eigenvalue weighted by molar-refractivity contribution is 5.68. The van der Waals surface area contributed by atoms with Crippen molar-refractivity contribution in [2.24, 2.45) is 0 Å². The van der Waals surface area contributed by atoms with Crippen LogP contribution in [0.4, 0.5) is 10.5 Å². The topological polar surface area (TPSA) is 65.6 Å². The Hall–Kier alpha value is -1.98. The largest absolute Gasteiger partial charge is 0.444 e. The van der Waals surface area contributed by atoms with E-state index >= 15 is 0 Å². The highest BCUT2D eigenvalue weighted by atomic mass is 16.6. The summed E-state index contributed by atoms with van der Waals surface area (Å²) in [5.74, 6) is 0. The zero-order chi connectivity index (χ0) is 14.8. The average molecular weight is 279 g/mol. The summed E-state index contributed by atoms with van der Waals surface area (Å²) in [6.45, 7) is 8.28. The summed E-state index contributed by atoms with van der Waals surface area (Å²) in [5.41, 5.74) is 0.391. The molecule has 20 heavy (non-hydrogen) atoms. The molecule has 1 aliphatic rings. The lowest BCUT2D eigenvalue weighted by molar-refractivity contribution is 0.0240. The minimum absolute atomic E-state index is 0.110. The van der Waals surface area contributed by atoms with E-state index in [0.29, 0.717) is 13.1 Å². The first-order chi connectivity index (χ1) is 9.35. The van der Waals surface area contributed by atoms with Gasteiger partial charge >= 0.3 is 6.09 Å². The standard InChI is InChI=1S/C14H21N3O3/c1-14(2,3)20-13(19)17-8-6-16(7-9-17)11-4-5-12(18)15-10-11/h4-5,10H,6-9H2,1-3H3,(H,15,18). The van der Waals surface area contributed by atoms with Gasteiger partial charge in [0.1, 0.15) is 5.60 Å². The molecule has 6 nitrogen and oxygen atoms in total. The van der Waals surface area contributed by atoms with Crippen molar-refractivity contribution < 1.29 is 9.53 Å². The highest BCUT2D eigenvalue weighted by Gasteiger charge is 2.25. The van der Waals surface area contributed by atoms with Gasteiger partial charge < -0.3 is 19.5 Å². The number of ether oxygens (including phenoxy) is 1. The molecule has 1 N–H and O–H groups in total. The molecule has 1 amide bonds. The van der Waals surface area contributed by atoms with E-state index in [0.717, 1.165) is 18.8 Å². The number of carbonyl (C=O) groups is 1. The number of carbonyl (C=O) groups excluding carboxylic acids is 1. The van der Waals surface area contributed by atoms with Gasteiger partial charge in [-0.05, 0) is 26.8 Å². The van der Waals surface area contributed by atoms with E-state index in [9.17, 15) is 9.59 Å². The molecule has 1 fully saturated rings. The number of anilines is 1. The minimum Gasteiger partial charge on any atom is -0.444 e. The maximum absolute atomic E-state index is 11.9. The van der Waals surface area contributed by atoms with Crippen LogP contribution in [0.15, 0.2) is 23.1 Å². The van der Waals surface area contributed by atoms with Crippen LogP contribution in [0.2, 0.25) is 0 Å². The second-order valence-corrected chi connectivity index (χ2v) is 5.87. The van der Waals surface area contributed by atoms with Crippen molar-refractivity contribution in [2.75, 3.05) is 31.1 Å². The Morgan fingerprint density at radius 3 is 2.35 bits per heavy atom. The Morgan fingerprint density at radius 1 is 1.20 bits per heavy atom. The predicted octanol–water partition coefficient (Wildman–Crippen LogP) is 1.43. The third-order valence-electron chi connectivity index (χ3n) is 3.06. The monoisotopic (exact) mass is 279 g/mol. The van der Waals surface area contributed by atoms with Crippen molar-refractivity contribution in [3.8, 4) is 0 Å². The van der Waals surface area contributed by atoms with Crippen molar-refractivity contribution in [3.63, 3.8) is 0 Å². The smallest absolute Gasteiger partial charge is 0.410 e. The van der Waals surface area contributed by atoms with Crippen LogP contribution in [-0.4, -0.2) is 47.8 Å². The van der Waals surface area contributed by atoms with Gasteiger partial charge in [0.05, 0.1) is 5.69 Å². The number of hydrogen-bond acceptors (Lipinski definition) is 4. The summed E-state index contributed by atoms with van der Waals surface area (Å²) in [7, 11) is 0. The molecule has 0 radical (unpaired) electrons. The van der Waals surface area contributed by atoms with Crippen LogP contribution in [-0.2, 0) is 4.74 Å².